The van der Waals surface area contributed by atoms with Crippen molar-refractivity contribution in [2.24, 2.45) is 11.8 Å². The Morgan fingerprint density at radius 3 is 1.95 bits per heavy atom. The van der Waals surface area contributed by atoms with Gasteiger partial charge in [0.05, 0.1) is 17.0 Å². The fourth-order valence-electron chi connectivity index (χ4n) is 3.55. The number of anilines is 2. The first-order valence-electron chi connectivity index (χ1n) is 13.7. The summed E-state index contributed by atoms with van der Waals surface area (Å²) >= 11 is 0. The van der Waals surface area contributed by atoms with Crippen LogP contribution in [0.1, 0.15) is 86.3 Å². The number of fused-ring (bicyclic) bond motifs is 1. The van der Waals surface area contributed by atoms with Gasteiger partial charge in [-0.15, -0.1) is 0 Å². The standard InChI is InChI=1S/C20H24N2O3S.C6H12O.2C2H6/c1-4-15-5-7-17(8-6-15)22(13-14(2)3)26(24,25)18-9-10-19-16(11-18)12-20(23)21-19;1-3-6(4-2)5-7;2*1-2/h5-11,14H,4,12-13H2,1-3H3,(H,21,23);5-6H,3-4H2,1-2H3;2*1-2H3. The molecule has 1 N–H and O–H groups in total. The van der Waals surface area contributed by atoms with Gasteiger partial charge in [-0.05, 0) is 66.6 Å². The number of carbonyl (C=O) groups excluding carboxylic acids is 2. The van der Waals surface area contributed by atoms with Crippen molar-refractivity contribution in [2.45, 2.75) is 92.9 Å². The molecule has 208 valence electrons. The SMILES string of the molecule is CC.CC.CCC(C=O)CC.CCc1ccc(N(CC(C)C)S(=O)(=O)c2ccc3c(c2)CC(=O)N3)cc1. The van der Waals surface area contributed by atoms with E-state index < -0.39 is 10.0 Å². The van der Waals surface area contributed by atoms with Crippen LogP contribution in [0, 0.1) is 11.8 Å². The van der Waals surface area contributed by atoms with Crippen molar-refractivity contribution in [1.29, 1.82) is 0 Å². The van der Waals surface area contributed by atoms with E-state index in [0.29, 0.717) is 23.8 Å². The van der Waals surface area contributed by atoms with Crippen LogP contribution in [-0.4, -0.2) is 27.2 Å². The first-order valence-corrected chi connectivity index (χ1v) is 15.1. The van der Waals surface area contributed by atoms with Crippen molar-refractivity contribution >= 4 is 33.6 Å². The van der Waals surface area contributed by atoms with E-state index in [1.165, 1.54) is 4.31 Å². The summed E-state index contributed by atoms with van der Waals surface area (Å²) in [6.45, 7) is 18.5. The van der Waals surface area contributed by atoms with E-state index in [9.17, 15) is 18.0 Å². The number of nitrogens with one attached hydrogen (secondary N) is 1. The third-order valence-electron chi connectivity index (χ3n) is 5.69. The monoisotopic (exact) mass is 532 g/mol. The number of amides is 1. The number of benzene rings is 2. The topological polar surface area (TPSA) is 83.6 Å². The van der Waals surface area contributed by atoms with Gasteiger partial charge in [0.15, 0.2) is 0 Å². The lowest BCUT2D eigenvalue weighted by Crippen LogP contribution is -2.34. The highest BCUT2D eigenvalue weighted by atomic mass is 32.2. The van der Waals surface area contributed by atoms with Crippen LogP contribution >= 0.6 is 0 Å². The van der Waals surface area contributed by atoms with Crippen molar-refractivity contribution in [3.05, 3.63) is 53.6 Å². The molecular weight excluding hydrogens is 484 g/mol. The summed E-state index contributed by atoms with van der Waals surface area (Å²) in [5.74, 6) is 0.372. The predicted molar refractivity (Wildman–Crippen MR) is 157 cm³/mol. The highest BCUT2D eigenvalue weighted by molar-refractivity contribution is 7.92. The minimum absolute atomic E-state index is 0.108. The highest BCUT2D eigenvalue weighted by Crippen LogP contribution is 2.30. The van der Waals surface area contributed by atoms with Crippen LogP contribution < -0.4 is 9.62 Å². The molecule has 1 aliphatic rings. The molecule has 2 aromatic carbocycles. The zero-order valence-corrected chi connectivity index (χ0v) is 25.1. The van der Waals surface area contributed by atoms with Crippen LogP contribution in [0.2, 0.25) is 0 Å². The summed E-state index contributed by atoms with van der Waals surface area (Å²) in [5, 5.41) is 2.73. The summed E-state index contributed by atoms with van der Waals surface area (Å²) in [6.07, 6.45) is 4.12. The summed E-state index contributed by atoms with van der Waals surface area (Å²) < 4.78 is 28.1. The second kappa shape index (κ2) is 17.7. The normalized spacial score (nSPS) is 11.7. The molecule has 0 saturated heterocycles. The molecule has 2 aromatic rings. The number of rotatable bonds is 9. The minimum Gasteiger partial charge on any atom is -0.326 e. The van der Waals surface area contributed by atoms with E-state index in [1.807, 2.05) is 79.7 Å². The third-order valence-corrected chi connectivity index (χ3v) is 7.48. The molecule has 0 saturated carbocycles. The van der Waals surface area contributed by atoms with E-state index in [4.69, 9.17) is 0 Å². The molecule has 0 unspecified atom stereocenters. The van der Waals surface area contributed by atoms with Gasteiger partial charge in [-0.2, -0.15) is 0 Å². The second-order valence-corrected chi connectivity index (χ2v) is 10.6. The molecule has 0 bridgehead atoms. The molecule has 1 amide bonds. The van der Waals surface area contributed by atoms with Gasteiger partial charge in [0.25, 0.3) is 10.0 Å². The van der Waals surface area contributed by atoms with Gasteiger partial charge in [0.1, 0.15) is 6.29 Å². The molecule has 0 aliphatic carbocycles. The Labute approximate surface area is 225 Å². The quantitative estimate of drug-likeness (QED) is 0.344. The first kappa shape index (κ1) is 34.3. The number of hydrogen-bond acceptors (Lipinski definition) is 4. The van der Waals surface area contributed by atoms with Crippen LogP contribution in [-0.2, 0) is 32.5 Å². The molecule has 7 heteroatoms. The van der Waals surface area contributed by atoms with Crippen molar-refractivity contribution in [3.8, 4) is 0 Å². The highest BCUT2D eigenvalue weighted by Gasteiger charge is 2.28. The van der Waals surface area contributed by atoms with Gasteiger partial charge in [0.2, 0.25) is 5.91 Å². The summed E-state index contributed by atoms with van der Waals surface area (Å²) in [7, 11) is -3.71. The molecule has 3 rings (SSSR count). The van der Waals surface area contributed by atoms with Crippen molar-refractivity contribution in [2.75, 3.05) is 16.2 Å². The Bertz CT molecular complexity index is 1040. The number of carbonyl (C=O) groups is 2. The van der Waals surface area contributed by atoms with Gasteiger partial charge in [0, 0.05) is 18.2 Å². The predicted octanol–water partition coefficient (Wildman–Crippen LogP) is 7.27. The zero-order chi connectivity index (χ0) is 28.6. The molecule has 0 aromatic heterocycles. The molecule has 0 radical (unpaired) electrons. The van der Waals surface area contributed by atoms with Gasteiger partial charge >= 0.3 is 0 Å². The van der Waals surface area contributed by atoms with E-state index in [2.05, 4.69) is 12.2 Å². The van der Waals surface area contributed by atoms with Crippen LogP contribution in [0.4, 0.5) is 11.4 Å². The molecule has 1 heterocycles. The van der Waals surface area contributed by atoms with E-state index in [-0.39, 0.29) is 23.1 Å². The summed E-state index contributed by atoms with van der Waals surface area (Å²) in [4.78, 5) is 21.7. The third kappa shape index (κ3) is 10.3. The minimum atomic E-state index is -3.71. The van der Waals surface area contributed by atoms with E-state index in [1.54, 1.807) is 18.2 Å². The average molecular weight is 533 g/mol. The molecule has 0 atom stereocenters. The fraction of sp³-hybridized carbons (Fsp3) is 0.533. The Balaban J connectivity index is 0.00000101. The molecule has 0 fully saturated rings. The lowest BCUT2D eigenvalue weighted by atomic mass is 10.1. The number of aldehydes is 1. The Morgan fingerprint density at radius 1 is 0.946 bits per heavy atom. The Morgan fingerprint density at radius 2 is 1.51 bits per heavy atom. The molecule has 6 nitrogen and oxygen atoms in total. The number of aryl methyl sites for hydroxylation is 1. The van der Waals surface area contributed by atoms with E-state index in [0.717, 1.165) is 36.7 Å². The largest absolute Gasteiger partial charge is 0.326 e. The molecule has 37 heavy (non-hydrogen) atoms. The summed E-state index contributed by atoms with van der Waals surface area (Å²) in [6, 6.07) is 12.5. The van der Waals surface area contributed by atoms with Crippen molar-refractivity contribution in [3.63, 3.8) is 0 Å². The maximum atomic E-state index is 13.3. The van der Waals surface area contributed by atoms with Gasteiger partial charge in [-0.1, -0.05) is 74.4 Å². The van der Waals surface area contributed by atoms with Gasteiger partial charge in [-0.3, -0.25) is 9.10 Å². The van der Waals surface area contributed by atoms with Crippen LogP contribution in [0.15, 0.2) is 47.4 Å². The van der Waals surface area contributed by atoms with Crippen molar-refractivity contribution < 1.29 is 18.0 Å². The smallest absolute Gasteiger partial charge is 0.264 e. The Kier molecular flexibility index (Phi) is 16.4. The van der Waals surface area contributed by atoms with Crippen LogP contribution in [0.3, 0.4) is 0 Å². The van der Waals surface area contributed by atoms with Gasteiger partial charge in [-0.25, -0.2) is 8.42 Å². The summed E-state index contributed by atoms with van der Waals surface area (Å²) in [5.41, 5.74) is 3.24. The lowest BCUT2D eigenvalue weighted by molar-refractivity contribution is -0.115. The molecule has 1 aliphatic heterocycles. The van der Waals surface area contributed by atoms with Crippen LogP contribution in [0.5, 0.6) is 0 Å². The zero-order valence-electron chi connectivity index (χ0n) is 24.3. The maximum absolute atomic E-state index is 13.3. The first-order chi connectivity index (χ1) is 17.7. The van der Waals surface area contributed by atoms with Crippen molar-refractivity contribution in [1.82, 2.24) is 0 Å². The average Bonchev–Trinajstić information content (AvgIpc) is 3.30. The fourth-order valence-corrected chi connectivity index (χ4v) is 5.23. The molecule has 0 spiro atoms. The van der Waals surface area contributed by atoms with Crippen LogP contribution in [0.25, 0.3) is 0 Å². The number of nitrogens with zero attached hydrogens (tertiary/aromatic N) is 1. The van der Waals surface area contributed by atoms with Gasteiger partial charge < -0.3 is 10.1 Å². The number of sulfonamides is 1. The number of hydrogen-bond donors (Lipinski definition) is 1. The molecular formula is C30H48N2O4S. The maximum Gasteiger partial charge on any atom is 0.264 e. The Hall–Kier alpha value is -2.67. The lowest BCUT2D eigenvalue weighted by Gasteiger charge is -2.26. The second-order valence-electron chi connectivity index (χ2n) is 8.71. The van der Waals surface area contributed by atoms with E-state index >= 15 is 0 Å².